The molecule has 0 saturated carbocycles. The highest BCUT2D eigenvalue weighted by Gasteiger charge is 2.16. The molecule has 0 aliphatic carbocycles. The summed E-state index contributed by atoms with van der Waals surface area (Å²) in [5, 5.41) is 7.37. The van der Waals surface area contributed by atoms with Gasteiger partial charge in [0.1, 0.15) is 0 Å². The molecule has 0 aliphatic heterocycles. The predicted octanol–water partition coefficient (Wildman–Crippen LogP) is 11.2. The SMILES string of the molecule is c1ccc2c(-c3cnc(-c4ccc(-n5c6ccccc6c6cc(-n7c8ccccc8c8ccccc87)ccc65)cc4)cn3)cccc2c1. The third kappa shape index (κ3) is 4.03. The zero-order chi connectivity index (χ0) is 31.6. The first-order valence-corrected chi connectivity index (χ1v) is 16.2. The molecule has 0 N–H and O–H groups in total. The molecule has 0 spiro atoms. The predicted molar refractivity (Wildman–Crippen MR) is 199 cm³/mol. The average molecular weight is 613 g/mol. The molecular formula is C44H28N4. The minimum absolute atomic E-state index is 0.851. The van der Waals surface area contributed by atoms with Crippen molar-refractivity contribution in [3.63, 3.8) is 0 Å². The highest BCUT2D eigenvalue weighted by atomic mass is 15.0. The van der Waals surface area contributed by atoms with Crippen LogP contribution in [0.2, 0.25) is 0 Å². The second-order valence-corrected chi connectivity index (χ2v) is 12.3. The van der Waals surface area contributed by atoms with Crippen LogP contribution >= 0.6 is 0 Å². The van der Waals surface area contributed by atoms with E-state index < -0.39 is 0 Å². The second kappa shape index (κ2) is 10.5. The fourth-order valence-electron chi connectivity index (χ4n) is 7.43. The van der Waals surface area contributed by atoms with Crippen molar-refractivity contribution < 1.29 is 0 Å². The molecule has 10 rings (SSSR count). The summed E-state index contributed by atoms with van der Waals surface area (Å²) >= 11 is 0. The minimum atomic E-state index is 0.851. The van der Waals surface area contributed by atoms with Gasteiger partial charge in [-0.3, -0.25) is 9.97 Å². The van der Waals surface area contributed by atoms with E-state index in [9.17, 15) is 0 Å². The van der Waals surface area contributed by atoms with Crippen molar-refractivity contribution in [1.29, 1.82) is 0 Å². The number of para-hydroxylation sites is 3. The molecule has 4 nitrogen and oxygen atoms in total. The number of fused-ring (bicyclic) bond motifs is 7. The third-order valence-electron chi connectivity index (χ3n) is 9.63. The van der Waals surface area contributed by atoms with E-state index >= 15 is 0 Å². The second-order valence-electron chi connectivity index (χ2n) is 12.3. The van der Waals surface area contributed by atoms with Gasteiger partial charge in [-0.1, -0.05) is 109 Å². The monoisotopic (exact) mass is 612 g/mol. The zero-order valence-electron chi connectivity index (χ0n) is 26.0. The van der Waals surface area contributed by atoms with Crippen LogP contribution in [-0.2, 0) is 0 Å². The summed E-state index contributed by atoms with van der Waals surface area (Å²) in [5.74, 6) is 0. The molecule has 0 radical (unpaired) electrons. The Labute approximate surface area is 276 Å². The van der Waals surface area contributed by atoms with Gasteiger partial charge in [-0.15, -0.1) is 0 Å². The quantitative estimate of drug-likeness (QED) is 0.198. The van der Waals surface area contributed by atoms with Gasteiger partial charge in [-0.05, 0) is 59.3 Å². The number of aromatic nitrogens is 4. The lowest BCUT2D eigenvalue weighted by molar-refractivity contribution is 1.16. The molecule has 48 heavy (non-hydrogen) atoms. The summed E-state index contributed by atoms with van der Waals surface area (Å²) < 4.78 is 4.75. The van der Waals surface area contributed by atoms with Crippen LogP contribution in [0.15, 0.2) is 170 Å². The van der Waals surface area contributed by atoms with E-state index in [2.05, 4.69) is 167 Å². The molecule has 7 aromatic carbocycles. The maximum atomic E-state index is 4.83. The van der Waals surface area contributed by atoms with E-state index in [0.717, 1.165) is 33.9 Å². The lowest BCUT2D eigenvalue weighted by Gasteiger charge is -2.11. The molecule has 4 heteroatoms. The summed E-state index contributed by atoms with van der Waals surface area (Å²) in [6, 6.07) is 56.2. The van der Waals surface area contributed by atoms with Crippen LogP contribution in [0.4, 0.5) is 0 Å². The van der Waals surface area contributed by atoms with Crippen LogP contribution in [0.25, 0.3) is 88.3 Å². The fraction of sp³-hybridized carbons (Fsp3) is 0. The van der Waals surface area contributed by atoms with Gasteiger partial charge in [0.15, 0.2) is 0 Å². The van der Waals surface area contributed by atoms with E-state index in [1.165, 1.54) is 54.4 Å². The van der Waals surface area contributed by atoms with E-state index in [1.54, 1.807) is 0 Å². The molecule has 0 saturated heterocycles. The first kappa shape index (κ1) is 26.7. The molecule has 3 heterocycles. The van der Waals surface area contributed by atoms with Gasteiger partial charge in [0.2, 0.25) is 0 Å². The van der Waals surface area contributed by atoms with Crippen molar-refractivity contribution in [3.8, 4) is 33.9 Å². The Kier molecular flexibility index (Phi) is 5.84. The average Bonchev–Trinajstić information content (AvgIpc) is 3.67. The molecule has 3 aromatic heterocycles. The van der Waals surface area contributed by atoms with Gasteiger partial charge >= 0.3 is 0 Å². The number of rotatable bonds is 4. The lowest BCUT2D eigenvalue weighted by Crippen LogP contribution is -1.96. The summed E-state index contributed by atoms with van der Waals surface area (Å²) in [6.07, 6.45) is 3.76. The van der Waals surface area contributed by atoms with E-state index in [1.807, 2.05) is 12.4 Å². The van der Waals surface area contributed by atoms with Crippen LogP contribution < -0.4 is 0 Å². The van der Waals surface area contributed by atoms with Crippen LogP contribution in [0, 0.1) is 0 Å². The smallest absolute Gasteiger partial charge is 0.0891 e. The van der Waals surface area contributed by atoms with Gasteiger partial charge in [-0.25, -0.2) is 0 Å². The Bertz CT molecular complexity index is 2760. The fourth-order valence-corrected chi connectivity index (χ4v) is 7.43. The van der Waals surface area contributed by atoms with Gasteiger partial charge in [0.25, 0.3) is 0 Å². The summed E-state index contributed by atoms with van der Waals surface area (Å²) in [4.78, 5) is 9.66. The lowest BCUT2D eigenvalue weighted by atomic mass is 10.0. The molecule has 0 bridgehead atoms. The maximum absolute atomic E-state index is 4.83. The highest BCUT2D eigenvalue weighted by Crippen LogP contribution is 2.37. The largest absolute Gasteiger partial charge is 0.309 e. The Morgan fingerprint density at radius 2 is 0.854 bits per heavy atom. The van der Waals surface area contributed by atoms with E-state index in [-0.39, 0.29) is 0 Å². The number of hydrogen-bond acceptors (Lipinski definition) is 2. The van der Waals surface area contributed by atoms with Crippen molar-refractivity contribution in [3.05, 3.63) is 170 Å². The van der Waals surface area contributed by atoms with E-state index in [0.29, 0.717) is 0 Å². The van der Waals surface area contributed by atoms with Gasteiger partial charge < -0.3 is 9.13 Å². The van der Waals surface area contributed by atoms with Crippen LogP contribution in [0.3, 0.4) is 0 Å². The summed E-state index contributed by atoms with van der Waals surface area (Å²) in [7, 11) is 0. The Morgan fingerprint density at radius 3 is 1.52 bits per heavy atom. The Balaban J connectivity index is 1.06. The van der Waals surface area contributed by atoms with E-state index in [4.69, 9.17) is 9.97 Å². The number of nitrogens with zero attached hydrogens (tertiary/aromatic N) is 4. The molecule has 0 atom stereocenters. The number of benzene rings is 7. The normalized spacial score (nSPS) is 11.8. The molecule has 0 unspecified atom stereocenters. The molecule has 0 aliphatic rings. The van der Waals surface area contributed by atoms with Crippen LogP contribution in [0.5, 0.6) is 0 Å². The van der Waals surface area contributed by atoms with Crippen molar-refractivity contribution in [2.24, 2.45) is 0 Å². The van der Waals surface area contributed by atoms with Gasteiger partial charge in [0.05, 0.1) is 45.8 Å². The molecule has 0 amide bonds. The highest BCUT2D eigenvalue weighted by molar-refractivity contribution is 6.12. The first-order valence-electron chi connectivity index (χ1n) is 16.2. The topological polar surface area (TPSA) is 35.6 Å². The molecule has 0 fully saturated rings. The Morgan fingerprint density at radius 1 is 0.354 bits per heavy atom. The molecule has 10 aromatic rings. The molecular weight excluding hydrogens is 585 g/mol. The number of hydrogen-bond donors (Lipinski definition) is 0. The molecule has 224 valence electrons. The van der Waals surface area contributed by atoms with Gasteiger partial charge in [0, 0.05) is 44.0 Å². The zero-order valence-corrected chi connectivity index (χ0v) is 26.0. The first-order chi connectivity index (χ1) is 23.8. The van der Waals surface area contributed by atoms with Gasteiger partial charge in [-0.2, -0.15) is 0 Å². The van der Waals surface area contributed by atoms with Crippen molar-refractivity contribution >= 4 is 54.4 Å². The van der Waals surface area contributed by atoms with Crippen LogP contribution in [-0.4, -0.2) is 19.1 Å². The summed E-state index contributed by atoms with van der Waals surface area (Å²) in [6.45, 7) is 0. The summed E-state index contributed by atoms with van der Waals surface area (Å²) in [5.41, 5.74) is 10.9. The van der Waals surface area contributed by atoms with Crippen molar-refractivity contribution in [2.45, 2.75) is 0 Å². The van der Waals surface area contributed by atoms with Crippen molar-refractivity contribution in [2.75, 3.05) is 0 Å². The van der Waals surface area contributed by atoms with Crippen molar-refractivity contribution in [1.82, 2.24) is 19.1 Å². The Hall–Kier alpha value is -6.52. The standard InChI is InChI=1S/C44H28N4/c1-2-12-33-29(10-1)11-9-16-34(33)40-28-45-39(27-46-40)30-20-22-31(23-21-30)47-43-19-8-5-15-37(43)38-26-32(24-25-44(38)47)48-41-17-6-3-13-35(41)36-14-4-7-18-42(36)48/h1-28H. The van der Waals surface area contributed by atoms with Crippen LogP contribution in [0.1, 0.15) is 0 Å². The third-order valence-corrected chi connectivity index (χ3v) is 9.63. The maximum Gasteiger partial charge on any atom is 0.0891 e. The minimum Gasteiger partial charge on any atom is -0.309 e.